The highest BCUT2D eigenvalue weighted by atomic mass is 32.2. The number of sulfonamides is 1. The molecule has 0 aromatic carbocycles. The Morgan fingerprint density at radius 3 is 2.65 bits per heavy atom. The van der Waals surface area contributed by atoms with Gasteiger partial charge < -0.3 is 11.1 Å². The summed E-state index contributed by atoms with van der Waals surface area (Å²) in [5.74, 6) is 0.627. The van der Waals surface area contributed by atoms with E-state index in [1.165, 1.54) is 12.3 Å². The number of nitrogens with two attached hydrogens (primary N) is 2. The summed E-state index contributed by atoms with van der Waals surface area (Å²) in [4.78, 5) is 4.00. The van der Waals surface area contributed by atoms with E-state index in [4.69, 9.17) is 10.9 Å². The number of primary sulfonamides is 1. The lowest BCUT2D eigenvalue weighted by molar-refractivity contribution is 0.597. The fourth-order valence-electron chi connectivity index (χ4n) is 1.38. The zero-order chi connectivity index (χ0) is 12.9. The fourth-order valence-corrected chi connectivity index (χ4v) is 1.84. The maximum Gasteiger partial charge on any atom is 0.239 e. The van der Waals surface area contributed by atoms with E-state index >= 15 is 0 Å². The second kappa shape index (κ2) is 5.95. The molecular formula is C10H18N4O2S. The maximum atomic E-state index is 11.0. The summed E-state index contributed by atoms with van der Waals surface area (Å²) in [5, 5.41) is 8.12. The lowest BCUT2D eigenvalue weighted by Crippen LogP contribution is -2.18. The third-order valence-electron chi connectivity index (χ3n) is 2.30. The number of nitrogens with zero attached hydrogens (tertiary/aromatic N) is 1. The van der Waals surface area contributed by atoms with Crippen LogP contribution in [0.3, 0.4) is 0 Å². The zero-order valence-electron chi connectivity index (χ0n) is 9.76. The van der Waals surface area contributed by atoms with E-state index in [1.807, 2.05) is 6.92 Å². The van der Waals surface area contributed by atoms with Crippen molar-refractivity contribution in [3.63, 3.8) is 0 Å². The largest absolute Gasteiger partial charge is 0.368 e. The molecule has 1 atom stereocenters. The van der Waals surface area contributed by atoms with Crippen molar-refractivity contribution in [3.8, 4) is 0 Å². The molecule has 0 bridgehead atoms. The minimum Gasteiger partial charge on any atom is -0.368 e. The van der Waals surface area contributed by atoms with E-state index in [2.05, 4.69) is 10.3 Å². The van der Waals surface area contributed by atoms with Crippen LogP contribution in [0, 0.1) is 0 Å². The Morgan fingerprint density at radius 2 is 2.18 bits per heavy atom. The second-order valence-electron chi connectivity index (χ2n) is 3.90. The van der Waals surface area contributed by atoms with Gasteiger partial charge in [-0.3, -0.25) is 0 Å². The van der Waals surface area contributed by atoms with Crippen molar-refractivity contribution in [2.45, 2.75) is 30.7 Å². The van der Waals surface area contributed by atoms with E-state index in [1.54, 1.807) is 6.07 Å². The van der Waals surface area contributed by atoms with Crippen molar-refractivity contribution in [1.82, 2.24) is 4.98 Å². The summed E-state index contributed by atoms with van der Waals surface area (Å²) >= 11 is 0. The summed E-state index contributed by atoms with van der Waals surface area (Å²) in [5.41, 5.74) is 5.41. The Hall–Kier alpha value is -1.18. The van der Waals surface area contributed by atoms with Crippen LogP contribution in [0.2, 0.25) is 0 Å². The highest BCUT2D eigenvalue weighted by Crippen LogP contribution is 2.11. The molecule has 0 radical (unpaired) electrons. The first kappa shape index (κ1) is 13.9. The molecule has 17 heavy (non-hydrogen) atoms. The van der Waals surface area contributed by atoms with Crippen LogP contribution in [-0.4, -0.2) is 26.0 Å². The van der Waals surface area contributed by atoms with Crippen LogP contribution in [0.1, 0.15) is 19.8 Å². The highest BCUT2D eigenvalue weighted by molar-refractivity contribution is 7.89. The molecule has 5 N–H and O–H groups in total. The SMILES string of the molecule is CC(CCCN)Nc1ccc(S(N)(=O)=O)cn1. The smallest absolute Gasteiger partial charge is 0.239 e. The van der Waals surface area contributed by atoms with E-state index in [-0.39, 0.29) is 10.9 Å². The summed E-state index contributed by atoms with van der Waals surface area (Å²) in [7, 11) is -3.67. The van der Waals surface area contributed by atoms with Gasteiger partial charge in [-0.1, -0.05) is 0 Å². The quantitative estimate of drug-likeness (QED) is 0.678. The molecule has 7 heteroatoms. The van der Waals surface area contributed by atoms with E-state index in [9.17, 15) is 8.42 Å². The van der Waals surface area contributed by atoms with Crippen LogP contribution >= 0.6 is 0 Å². The summed E-state index contributed by atoms with van der Waals surface area (Å²) in [6, 6.07) is 3.27. The Balaban J connectivity index is 2.63. The lowest BCUT2D eigenvalue weighted by atomic mass is 10.2. The molecule has 0 amide bonds. The highest BCUT2D eigenvalue weighted by Gasteiger charge is 2.08. The molecular weight excluding hydrogens is 240 g/mol. The first-order valence-electron chi connectivity index (χ1n) is 5.39. The van der Waals surface area contributed by atoms with E-state index in [0.717, 1.165) is 12.8 Å². The predicted molar refractivity (Wildman–Crippen MR) is 67.0 cm³/mol. The number of hydrogen-bond acceptors (Lipinski definition) is 5. The monoisotopic (exact) mass is 258 g/mol. The minimum absolute atomic E-state index is 0.0117. The number of nitrogens with one attached hydrogen (secondary N) is 1. The maximum absolute atomic E-state index is 11.0. The summed E-state index contributed by atoms with van der Waals surface area (Å²) in [6.07, 6.45) is 3.12. The van der Waals surface area contributed by atoms with Gasteiger partial charge in [-0.2, -0.15) is 0 Å². The normalized spacial score (nSPS) is 13.4. The van der Waals surface area contributed by atoms with Crippen molar-refractivity contribution in [2.24, 2.45) is 10.9 Å². The molecule has 0 spiro atoms. The molecule has 0 saturated heterocycles. The molecule has 0 saturated carbocycles. The van der Waals surface area contributed by atoms with Crippen LogP contribution < -0.4 is 16.2 Å². The molecule has 0 aliphatic rings. The van der Waals surface area contributed by atoms with Gasteiger partial charge in [-0.15, -0.1) is 0 Å². The van der Waals surface area contributed by atoms with Gasteiger partial charge in [-0.25, -0.2) is 18.5 Å². The molecule has 96 valence electrons. The van der Waals surface area contributed by atoms with Gasteiger partial charge in [0, 0.05) is 12.2 Å². The number of rotatable bonds is 6. The first-order chi connectivity index (χ1) is 7.93. The van der Waals surface area contributed by atoms with Crippen molar-refractivity contribution in [3.05, 3.63) is 18.3 Å². The van der Waals surface area contributed by atoms with Crippen LogP contribution in [0.4, 0.5) is 5.82 Å². The van der Waals surface area contributed by atoms with Gasteiger partial charge in [0.1, 0.15) is 10.7 Å². The Labute approximate surface area is 101 Å². The molecule has 0 fully saturated rings. The van der Waals surface area contributed by atoms with Crippen molar-refractivity contribution >= 4 is 15.8 Å². The minimum atomic E-state index is -3.67. The van der Waals surface area contributed by atoms with Crippen LogP contribution in [0.25, 0.3) is 0 Å². The average molecular weight is 258 g/mol. The van der Waals surface area contributed by atoms with Crippen molar-refractivity contribution < 1.29 is 8.42 Å². The molecule has 1 aromatic rings. The molecule has 1 aromatic heterocycles. The number of aromatic nitrogens is 1. The molecule has 0 aliphatic heterocycles. The lowest BCUT2D eigenvalue weighted by Gasteiger charge is -2.13. The molecule has 1 heterocycles. The van der Waals surface area contributed by atoms with Gasteiger partial charge in [0.25, 0.3) is 0 Å². The third kappa shape index (κ3) is 4.68. The van der Waals surface area contributed by atoms with Crippen LogP contribution in [0.15, 0.2) is 23.2 Å². The summed E-state index contributed by atoms with van der Waals surface area (Å²) < 4.78 is 22.0. The van der Waals surface area contributed by atoms with Crippen LogP contribution in [0.5, 0.6) is 0 Å². The average Bonchev–Trinajstić information content (AvgIpc) is 2.26. The predicted octanol–water partition coefficient (Wildman–Crippen LogP) is 0.268. The molecule has 1 unspecified atom stereocenters. The first-order valence-corrected chi connectivity index (χ1v) is 6.93. The van der Waals surface area contributed by atoms with Gasteiger partial charge in [-0.05, 0) is 38.4 Å². The Morgan fingerprint density at radius 1 is 1.47 bits per heavy atom. The van der Waals surface area contributed by atoms with Gasteiger partial charge in [0.2, 0.25) is 10.0 Å². The van der Waals surface area contributed by atoms with Crippen molar-refractivity contribution in [2.75, 3.05) is 11.9 Å². The topological polar surface area (TPSA) is 111 Å². The second-order valence-corrected chi connectivity index (χ2v) is 5.46. The van der Waals surface area contributed by atoms with Gasteiger partial charge in [0.15, 0.2) is 0 Å². The fraction of sp³-hybridized carbons (Fsp3) is 0.500. The number of hydrogen-bond donors (Lipinski definition) is 3. The van der Waals surface area contributed by atoms with Gasteiger partial charge >= 0.3 is 0 Å². The van der Waals surface area contributed by atoms with E-state index < -0.39 is 10.0 Å². The third-order valence-corrected chi connectivity index (χ3v) is 3.20. The van der Waals surface area contributed by atoms with E-state index in [0.29, 0.717) is 12.4 Å². The Bertz CT molecular complexity index is 444. The summed E-state index contributed by atoms with van der Waals surface area (Å²) in [6.45, 7) is 2.68. The van der Waals surface area contributed by atoms with Gasteiger partial charge in [0.05, 0.1) is 0 Å². The zero-order valence-corrected chi connectivity index (χ0v) is 10.6. The number of anilines is 1. The number of pyridine rings is 1. The molecule has 0 aliphatic carbocycles. The standard InChI is InChI=1S/C10H18N4O2S/c1-8(3-2-6-11)14-10-5-4-9(7-13-10)17(12,15)16/h4-5,7-8H,2-3,6,11H2,1H3,(H,13,14)(H2,12,15,16). The van der Waals surface area contributed by atoms with Crippen LogP contribution in [-0.2, 0) is 10.0 Å². The molecule has 1 rings (SSSR count). The Kier molecular flexibility index (Phi) is 4.86. The molecule has 6 nitrogen and oxygen atoms in total. The van der Waals surface area contributed by atoms with Crippen molar-refractivity contribution in [1.29, 1.82) is 0 Å².